The third kappa shape index (κ3) is 2.95. The van der Waals surface area contributed by atoms with Gasteiger partial charge in [0.2, 0.25) is 0 Å². The fourth-order valence-electron chi connectivity index (χ4n) is 3.63. The first kappa shape index (κ1) is 15.6. The second-order valence-electron chi connectivity index (χ2n) is 6.75. The fourth-order valence-corrected chi connectivity index (χ4v) is 3.63. The van der Waals surface area contributed by atoms with Crippen molar-refractivity contribution in [1.29, 1.82) is 0 Å². The highest BCUT2D eigenvalue weighted by Crippen LogP contribution is 2.33. The predicted octanol–water partition coefficient (Wildman–Crippen LogP) is 3.52. The Labute approximate surface area is 147 Å². The number of carbonyl (C=O) groups is 1. The lowest BCUT2D eigenvalue weighted by Crippen LogP contribution is -2.38. The quantitative estimate of drug-likeness (QED) is 0.721. The van der Waals surface area contributed by atoms with Gasteiger partial charge in [0.15, 0.2) is 0 Å². The van der Waals surface area contributed by atoms with E-state index < -0.39 is 0 Å². The first-order valence-corrected chi connectivity index (χ1v) is 8.54. The van der Waals surface area contributed by atoms with Crippen LogP contribution in [-0.2, 0) is 13.6 Å². The molecule has 1 atom stereocenters. The second kappa shape index (κ2) is 6.20. The fraction of sp³-hybridized carbons (Fsp3) is 0.238. The van der Waals surface area contributed by atoms with E-state index in [1.807, 2.05) is 66.3 Å². The Morgan fingerprint density at radius 1 is 1.16 bits per heavy atom. The Kier molecular flexibility index (Phi) is 3.88. The van der Waals surface area contributed by atoms with Crippen LogP contribution >= 0.6 is 0 Å². The molecule has 4 heteroatoms. The van der Waals surface area contributed by atoms with Crippen LogP contribution in [0.1, 0.15) is 38.5 Å². The van der Waals surface area contributed by atoms with E-state index >= 15 is 0 Å². The highest BCUT2D eigenvalue weighted by Gasteiger charge is 2.30. The van der Waals surface area contributed by atoms with Crippen LogP contribution in [0.15, 0.2) is 60.9 Å². The van der Waals surface area contributed by atoms with Crippen LogP contribution in [0.4, 0.5) is 0 Å². The molecule has 1 aromatic heterocycles. The summed E-state index contributed by atoms with van der Waals surface area (Å²) in [5.41, 5.74) is 5.51. The van der Waals surface area contributed by atoms with Gasteiger partial charge in [-0.2, -0.15) is 5.10 Å². The molecule has 2 heterocycles. The maximum atomic E-state index is 13.0. The Morgan fingerprint density at radius 3 is 2.76 bits per heavy atom. The van der Waals surface area contributed by atoms with E-state index in [0.717, 1.165) is 16.7 Å². The number of rotatable bonds is 2. The van der Waals surface area contributed by atoms with E-state index in [1.54, 1.807) is 0 Å². The SMILES string of the molecule is Cc1cccc(C(=O)N2Cc3ccccc3C(c3cnn(C)c3)C2)c1. The van der Waals surface area contributed by atoms with Crippen molar-refractivity contribution in [3.05, 3.63) is 88.7 Å². The summed E-state index contributed by atoms with van der Waals surface area (Å²) in [7, 11) is 1.92. The molecule has 0 fully saturated rings. The summed E-state index contributed by atoms with van der Waals surface area (Å²) in [6, 6.07) is 16.2. The first-order valence-electron chi connectivity index (χ1n) is 8.54. The molecule has 4 rings (SSSR count). The van der Waals surface area contributed by atoms with Crippen molar-refractivity contribution in [3.8, 4) is 0 Å². The molecule has 1 aliphatic heterocycles. The number of hydrogen-bond donors (Lipinski definition) is 0. The summed E-state index contributed by atoms with van der Waals surface area (Å²) in [5, 5.41) is 4.32. The van der Waals surface area contributed by atoms with E-state index in [9.17, 15) is 4.79 Å². The van der Waals surface area contributed by atoms with Crippen LogP contribution in [0.2, 0.25) is 0 Å². The lowest BCUT2D eigenvalue weighted by molar-refractivity contribution is 0.0725. The maximum Gasteiger partial charge on any atom is 0.254 e. The smallest absolute Gasteiger partial charge is 0.254 e. The molecule has 0 aliphatic carbocycles. The third-order valence-corrected chi connectivity index (χ3v) is 4.87. The molecule has 126 valence electrons. The van der Waals surface area contributed by atoms with Crippen LogP contribution in [0, 0.1) is 6.92 Å². The van der Waals surface area contributed by atoms with Gasteiger partial charge in [-0.1, -0.05) is 42.0 Å². The van der Waals surface area contributed by atoms with Gasteiger partial charge in [-0.3, -0.25) is 9.48 Å². The molecule has 0 saturated carbocycles. The number of aromatic nitrogens is 2. The number of carbonyl (C=O) groups excluding carboxylic acids is 1. The topological polar surface area (TPSA) is 38.1 Å². The Balaban J connectivity index is 1.71. The van der Waals surface area contributed by atoms with Gasteiger partial charge in [-0.15, -0.1) is 0 Å². The summed E-state index contributed by atoms with van der Waals surface area (Å²) in [4.78, 5) is 15.0. The number of amides is 1. The summed E-state index contributed by atoms with van der Waals surface area (Å²) < 4.78 is 1.82. The second-order valence-corrected chi connectivity index (χ2v) is 6.75. The highest BCUT2D eigenvalue weighted by molar-refractivity contribution is 5.94. The van der Waals surface area contributed by atoms with Crippen molar-refractivity contribution in [2.45, 2.75) is 19.4 Å². The Bertz CT molecular complexity index is 928. The molecule has 1 amide bonds. The first-order chi connectivity index (χ1) is 12.1. The van der Waals surface area contributed by atoms with Crippen molar-refractivity contribution < 1.29 is 4.79 Å². The Morgan fingerprint density at radius 2 is 2.00 bits per heavy atom. The van der Waals surface area contributed by atoms with Gasteiger partial charge >= 0.3 is 0 Å². The van der Waals surface area contributed by atoms with Gasteiger partial charge in [-0.05, 0) is 35.7 Å². The van der Waals surface area contributed by atoms with E-state index in [-0.39, 0.29) is 11.8 Å². The largest absolute Gasteiger partial charge is 0.333 e. The number of benzene rings is 2. The normalized spacial score (nSPS) is 16.6. The van der Waals surface area contributed by atoms with E-state index in [1.165, 1.54) is 11.1 Å². The lowest BCUT2D eigenvalue weighted by Gasteiger charge is -2.34. The molecule has 0 saturated heterocycles. The van der Waals surface area contributed by atoms with E-state index in [4.69, 9.17) is 0 Å². The minimum atomic E-state index is 0.0899. The average Bonchev–Trinajstić information content (AvgIpc) is 3.06. The summed E-state index contributed by atoms with van der Waals surface area (Å²) in [6.07, 6.45) is 3.95. The molecule has 1 unspecified atom stereocenters. The molecule has 0 spiro atoms. The highest BCUT2D eigenvalue weighted by atomic mass is 16.2. The van der Waals surface area contributed by atoms with Crippen LogP contribution in [0.25, 0.3) is 0 Å². The predicted molar refractivity (Wildman–Crippen MR) is 97.4 cm³/mol. The molecule has 1 aliphatic rings. The molecule has 2 aromatic carbocycles. The average molecular weight is 331 g/mol. The minimum absolute atomic E-state index is 0.0899. The molecule has 25 heavy (non-hydrogen) atoms. The summed E-state index contributed by atoms with van der Waals surface area (Å²) in [5.74, 6) is 0.250. The maximum absolute atomic E-state index is 13.0. The van der Waals surface area contributed by atoms with Crippen molar-refractivity contribution in [2.75, 3.05) is 6.54 Å². The van der Waals surface area contributed by atoms with E-state index in [2.05, 4.69) is 23.3 Å². The number of fused-ring (bicyclic) bond motifs is 1. The molecule has 3 aromatic rings. The standard InChI is InChI=1S/C21H21N3O/c1-15-6-5-8-16(10-15)21(25)24-13-17-7-3-4-9-19(17)20(14-24)18-11-22-23(2)12-18/h3-12,20H,13-14H2,1-2H3. The van der Waals surface area contributed by atoms with Crippen LogP contribution < -0.4 is 0 Å². The van der Waals surface area contributed by atoms with Gasteiger partial charge in [0.05, 0.1) is 6.20 Å². The van der Waals surface area contributed by atoms with Crippen molar-refractivity contribution in [3.63, 3.8) is 0 Å². The minimum Gasteiger partial charge on any atom is -0.333 e. The zero-order valence-corrected chi connectivity index (χ0v) is 14.5. The van der Waals surface area contributed by atoms with E-state index in [0.29, 0.717) is 13.1 Å². The third-order valence-electron chi connectivity index (χ3n) is 4.87. The molecule has 0 bridgehead atoms. The zero-order chi connectivity index (χ0) is 17.4. The van der Waals surface area contributed by atoms with Gasteiger partial charge in [0.1, 0.15) is 0 Å². The molecule has 0 radical (unpaired) electrons. The van der Waals surface area contributed by atoms with Gasteiger partial charge in [0, 0.05) is 37.8 Å². The molecule has 4 nitrogen and oxygen atoms in total. The summed E-state index contributed by atoms with van der Waals surface area (Å²) >= 11 is 0. The van der Waals surface area contributed by atoms with Crippen LogP contribution in [0.3, 0.4) is 0 Å². The van der Waals surface area contributed by atoms with Gasteiger partial charge < -0.3 is 4.90 Å². The van der Waals surface area contributed by atoms with Crippen LogP contribution in [0.5, 0.6) is 0 Å². The number of hydrogen-bond acceptors (Lipinski definition) is 2. The van der Waals surface area contributed by atoms with Crippen molar-refractivity contribution in [1.82, 2.24) is 14.7 Å². The number of aryl methyl sites for hydroxylation is 2. The van der Waals surface area contributed by atoms with Crippen molar-refractivity contribution >= 4 is 5.91 Å². The Hall–Kier alpha value is -2.88. The molecular formula is C21H21N3O. The van der Waals surface area contributed by atoms with Gasteiger partial charge in [0.25, 0.3) is 5.91 Å². The summed E-state index contributed by atoms with van der Waals surface area (Å²) in [6.45, 7) is 3.34. The molecule has 0 N–H and O–H groups in total. The zero-order valence-electron chi connectivity index (χ0n) is 14.5. The molecular weight excluding hydrogens is 310 g/mol. The lowest BCUT2D eigenvalue weighted by atomic mass is 9.86. The van der Waals surface area contributed by atoms with Crippen LogP contribution in [-0.4, -0.2) is 27.1 Å². The van der Waals surface area contributed by atoms with Gasteiger partial charge in [-0.25, -0.2) is 0 Å². The van der Waals surface area contributed by atoms with Crippen molar-refractivity contribution in [2.24, 2.45) is 7.05 Å². The number of nitrogens with zero attached hydrogens (tertiary/aromatic N) is 3. The monoisotopic (exact) mass is 331 g/mol.